The molecule has 0 N–H and O–H groups in total. The molecule has 2 aliphatic rings. The van der Waals surface area contributed by atoms with Gasteiger partial charge in [0.15, 0.2) is 0 Å². The van der Waals surface area contributed by atoms with Crippen LogP contribution in [0.2, 0.25) is 0 Å². The number of para-hydroxylation sites is 1. The second kappa shape index (κ2) is 13.4. The molecule has 2 aromatic rings. The highest BCUT2D eigenvalue weighted by Crippen LogP contribution is 2.33. The molecule has 1 aromatic heterocycles. The Bertz CT molecular complexity index is 1240. The van der Waals surface area contributed by atoms with Gasteiger partial charge in [-0.25, -0.2) is 4.79 Å². The molecule has 1 aromatic carbocycles. The normalized spacial score (nSPS) is 17.3. The summed E-state index contributed by atoms with van der Waals surface area (Å²) in [6.45, 7) is 18.3. The van der Waals surface area contributed by atoms with Crippen LogP contribution in [0.3, 0.4) is 0 Å². The van der Waals surface area contributed by atoms with Crippen molar-refractivity contribution in [1.29, 1.82) is 5.26 Å². The highest BCUT2D eigenvalue weighted by atomic mass is 16.6. The van der Waals surface area contributed by atoms with Crippen LogP contribution in [-0.4, -0.2) is 89.9 Å². The van der Waals surface area contributed by atoms with E-state index in [0.717, 1.165) is 49.7 Å². The standard InChI is InChI=1S/C31H45N7O3/c1-7-35(8-2)19-20-40-29-33-26-22-36(27-12-10-9-11-23(27)3)16-14-25(26)28(34-29)37-17-18-38(24(21-37)13-15-32)30(39)41-31(4,5)6/h9-12,24H,7-8,13-14,16-22H2,1-6H3. The van der Waals surface area contributed by atoms with E-state index in [1.165, 1.54) is 11.3 Å². The first-order valence-electron chi connectivity index (χ1n) is 14.8. The van der Waals surface area contributed by atoms with Crippen molar-refractivity contribution in [3.05, 3.63) is 41.1 Å². The van der Waals surface area contributed by atoms with Crippen LogP contribution < -0.4 is 14.5 Å². The van der Waals surface area contributed by atoms with E-state index in [0.29, 0.717) is 38.8 Å². The number of amides is 1. The van der Waals surface area contributed by atoms with Crippen LogP contribution in [-0.2, 0) is 17.7 Å². The summed E-state index contributed by atoms with van der Waals surface area (Å²) in [4.78, 5) is 31.4. The molecule has 0 bridgehead atoms. The number of aromatic nitrogens is 2. The third kappa shape index (κ3) is 7.59. The molecule has 0 aliphatic carbocycles. The van der Waals surface area contributed by atoms with Gasteiger partial charge < -0.3 is 29.1 Å². The number of aryl methyl sites for hydroxylation is 1. The van der Waals surface area contributed by atoms with Crippen LogP contribution >= 0.6 is 0 Å². The number of nitriles is 1. The Hall–Kier alpha value is -3.58. The first-order chi connectivity index (χ1) is 19.6. The van der Waals surface area contributed by atoms with Gasteiger partial charge in [-0.2, -0.15) is 15.2 Å². The number of rotatable bonds is 9. The molecule has 1 fully saturated rings. The van der Waals surface area contributed by atoms with Gasteiger partial charge in [0.05, 0.1) is 30.8 Å². The van der Waals surface area contributed by atoms with Crippen molar-refractivity contribution in [3.63, 3.8) is 0 Å². The minimum Gasteiger partial charge on any atom is -0.462 e. The summed E-state index contributed by atoms with van der Waals surface area (Å²) in [7, 11) is 0. The molecule has 1 unspecified atom stereocenters. The number of nitrogens with zero attached hydrogens (tertiary/aromatic N) is 7. The molecule has 4 rings (SSSR count). The second-order valence-corrected chi connectivity index (χ2v) is 11.7. The highest BCUT2D eigenvalue weighted by molar-refractivity contribution is 5.69. The van der Waals surface area contributed by atoms with E-state index in [-0.39, 0.29) is 18.6 Å². The van der Waals surface area contributed by atoms with Crippen LogP contribution in [0.25, 0.3) is 0 Å². The molecule has 2 aliphatic heterocycles. The molecule has 1 atom stereocenters. The number of fused-ring (bicyclic) bond motifs is 1. The Labute approximate surface area is 244 Å². The average Bonchev–Trinajstić information content (AvgIpc) is 2.94. The maximum Gasteiger partial charge on any atom is 0.410 e. The Balaban J connectivity index is 1.62. The van der Waals surface area contributed by atoms with Crippen molar-refractivity contribution in [2.75, 3.05) is 62.2 Å². The van der Waals surface area contributed by atoms with Gasteiger partial charge in [0.1, 0.15) is 18.0 Å². The van der Waals surface area contributed by atoms with E-state index in [9.17, 15) is 10.1 Å². The first kappa shape index (κ1) is 30.4. The Morgan fingerprint density at radius 2 is 1.88 bits per heavy atom. The van der Waals surface area contributed by atoms with Crippen molar-refractivity contribution < 1.29 is 14.3 Å². The maximum absolute atomic E-state index is 13.0. The van der Waals surface area contributed by atoms with Crippen molar-refractivity contribution in [2.24, 2.45) is 0 Å². The van der Waals surface area contributed by atoms with Crippen LogP contribution in [0.4, 0.5) is 16.3 Å². The molecular weight excluding hydrogens is 518 g/mol. The van der Waals surface area contributed by atoms with Crippen molar-refractivity contribution in [1.82, 2.24) is 19.8 Å². The molecule has 0 spiro atoms. The second-order valence-electron chi connectivity index (χ2n) is 11.7. The Morgan fingerprint density at radius 3 is 2.56 bits per heavy atom. The first-order valence-corrected chi connectivity index (χ1v) is 14.8. The van der Waals surface area contributed by atoms with Gasteiger partial charge in [-0.1, -0.05) is 32.0 Å². The number of hydrogen-bond donors (Lipinski definition) is 0. The zero-order valence-electron chi connectivity index (χ0n) is 25.5. The lowest BCUT2D eigenvalue weighted by Crippen LogP contribution is -2.56. The fraction of sp³-hybridized carbons (Fsp3) is 0.613. The number of anilines is 2. The molecule has 0 radical (unpaired) electrons. The summed E-state index contributed by atoms with van der Waals surface area (Å²) in [6.07, 6.45) is 0.641. The van der Waals surface area contributed by atoms with Crippen molar-refractivity contribution in [2.45, 2.75) is 72.6 Å². The molecule has 222 valence electrons. The largest absolute Gasteiger partial charge is 0.462 e. The number of likely N-dealkylation sites (N-methyl/N-ethyl adjacent to an activating group) is 1. The van der Waals surface area contributed by atoms with Gasteiger partial charge in [-0.05, 0) is 58.8 Å². The number of carbonyl (C=O) groups excluding carboxylic acids is 1. The summed E-state index contributed by atoms with van der Waals surface area (Å²) in [6, 6.07) is 10.8. The minimum absolute atomic E-state index is 0.220. The maximum atomic E-state index is 13.0. The van der Waals surface area contributed by atoms with Gasteiger partial charge in [0, 0.05) is 44.0 Å². The summed E-state index contributed by atoms with van der Waals surface area (Å²) in [5.74, 6) is 0.851. The third-order valence-electron chi connectivity index (χ3n) is 7.75. The molecule has 10 heteroatoms. The molecule has 1 amide bonds. The zero-order chi connectivity index (χ0) is 29.6. The quantitative estimate of drug-likeness (QED) is 0.439. The molecule has 41 heavy (non-hydrogen) atoms. The van der Waals surface area contributed by atoms with Crippen LogP contribution in [0.15, 0.2) is 24.3 Å². The topological polar surface area (TPSA) is 98.1 Å². The lowest BCUT2D eigenvalue weighted by Gasteiger charge is -2.42. The van der Waals surface area contributed by atoms with E-state index < -0.39 is 5.60 Å². The number of carbonyl (C=O) groups is 1. The number of piperazine rings is 1. The zero-order valence-corrected chi connectivity index (χ0v) is 25.5. The average molecular weight is 564 g/mol. The summed E-state index contributed by atoms with van der Waals surface area (Å²) >= 11 is 0. The summed E-state index contributed by atoms with van der Waals surface area (Å²) in [5, 5.41) is 9.58. The van der Waals surface area contributed by atoms with E-state index in [1.807, 2.05) is 20.8 Å². The fourth-order valence-electron chi connectivity index (χ4n) is 5.53. The van der Waals surface area contributed by atoms with Gasteiger partial charge in [0.2, 0.25) is 0 Å². The van der Waals surface area contributed by atoms with Crippen LogP contribution in [0.5, 0.6) is 6.01 Å². The monoisotopic (exact) mass is 563 g/mol. The smallest absolute Gasteiger partial charge is 0.410 e. The fourth-order valence-corrected chi connectivity index (χ4v) is 5.53. The van der Waals surface area contributed by atoms with Gasteiger partial charge in [-0.3, -0.25) is 0 Å². The van der Waals surface area contributed by atoms with E-state index in [4.69, 9.17) is 19.4 Å². The predicted molar refractivity (Wildman–Crippen MR) is 160 cm³/mol. The number of benzene rings is 1. The van der Waals surface area contributed by atoms with Crippen LogP contribution in [0, 0.1) is 18.3 Å². The SMILES string of the molecule is CCN(CC)CCOc1nc2c(c(N3CCN(C(=O)OC(C)(C)C)C(CC#N)C3)n1)CCN(c1ccccc1C)C2. The van der Waals surface area contributed by atoms with Gasteiger partial charge >= 0.3 is 12.1 Å². The van der Waals surface area contributed by atoms with Gasteiger partial charge in [0.25, 0.3) is 0 Å². The summed E-state index contributed by atoms with van der Waals surface area (Å²) in [5.41, 5.74) is 3.93. The number of hydrogen-bond acceptors (Lipinski definition) is 9. The van der Waals surface area contributed by atoms with Crippen LogP contribution in [0.1, 0.15) is 57.9 Å². The Morgan fingerprint density at radius 1 is 1.12 bits per heavy atom. The van der Waals surface area contributed by atoms with Crippen molar-refractivity contribution in [3.8, 4) is 12.1 Å². The number of ether oxygens (including phenoxy) is 2. The van der Waals surface area contributed by atoms with E-state index in [1.54, 1.807) is 4.90 Å². The molecule has 0 saturated carbocycles. The van der Waals surface area contributed by atoms with Gasteiger partial charge in [-0.15, -0.1) is 0 Å². The molecule has 1 saturated heterocycles. The van der Waals surface area contributed by atoms with E-state index >= 15 is 0 Å². The Kier molecular flexibility index (Phi) is 9.92. The molecular formula is C31H45N7O3. The molecule has 3 heterocycles. The lowest BCUT2D eigenvalue weighted by atomic mass is 10.0. The summed E-state index contributed by atoms with van der Waals surface area (Å²) < 4.78 is 11.8. The molecule has 10 nitrogen and oxygen atoms in total. The third-order valence-corrected chi connectivity index (χ3v) is 7.75. The predicted octanol–water partition coefficient (Wildman–Crippen LogP) is 4.41. The highest BCUT2D eigenvalue weighted by Gasteiger charge is 2.36. The lowest BCUT2D eigenvalue weighted by molar-refractivity contribution is 0.0144. The van der Waals surface area contributed by atoms with Crippen molar-refractivity contribution >= 4 is 17.6 Å². The minimum atomic E-state index is -0.600. The van der Waals surface area contributed by atoms with E-state index in [2.05, 4.69) is 65.8 Å².